The predicted octanol–water partition coefficient (Wildman–Crippen LogP) is 3.59. The second-order valence-corrected chi connectivity index (χ2v) is 5.71. The van der Waals surface area contributed by atoms with E-state index in [-0.39, 0.29) is 0 Å². The summed E-state index contributed by atoms with van der Waals surface area (Å²) in [5.41, 5.74) is 0. The van der Waals surface area contributed by atoms with Crippen LogP contribution in [0.1, 0.15) is 19.3 Å². The molecule has 1 fully saturated rings. The van der Waals surface area contributed by atoms with Crippen LogP contribution >= 0.6 is 31.9 Å². The van der Waals surface area contributed by atoms with Gasteiger partial charge in [-0.15, -0.1) is 0 Å². The minimum absolute atomic E-state index is 0.303. The van der Waals surface area contributed by atoms with E-state index in [0.717, 1.165) is 27.6 Å². The Morgan fingerprint density at radius 1 is 1.44 bits per heavy atom. The molecular formula is C11H14Br2N2O. The molecule has 5 heteroatoms. The van der Waals surface area contributed by atoms with Gasteiger partial charge in [0.15, 0.2) is 0 Å². The lowest BCUT2D eigenvalue weighted by Crippen LogP contribution is -2.30. The smallest absolute Gasteiger partial charge is 0.140 e. The van der Waals surface area contributed by atoms with Gasteiger partial charge in [-0.25, -0.2) is 4.98 Å². The van der Waals surface area contributed by atoms with Crippen LogP contribution < -0.4 is 5.32 Å². The second kappa shape index (κ2) is 5.47. The lowest BCUT2D eigenvalue weighted by atomic mass is 10.2. The molecule has 0 saturated heterocycles. The van der Waals surface area contributed by atoms with Gasteiger partial charge < -0.3 is 10.1 Å². The third-order valence-electron chi connectivity index (χ3n) is 2.89. The van der Waals surface area contributed by atoms with Crippen LogP contribution in [0.4, 0.5) is 5.82 Å². The summed E-state index contributed by atoms with van der Waals surface area (Å²) in [6.45, 7) is 0. The van der Waals surface area contributed by atoms with E-state index in [1.807, 2.05) is 6.07 Å². The Hall–Kier alpha value is -0.130. The second-order valence-electron chi connectivity index (χ2n) is 3.94. The highest BCUT2D eigenvalue weighted by molar-refractivity contribution is 9.11. The number of ether oxygens (including phenoxy) is 1. The van der Waals surface area contributed by atoms with Crippen molar-refractivity contribution in [3.05, 3.63) is 21.2 Å². The highest BCUT2D eigenvalue weighted by atomic mass is 79.9. The molecule has 2 rings (SSSR count). The quantitative estimate of drug-likeness (QED) is 0.905. The summed E-state index contributed by atoms with van der Waals surface area (Å²) in [4.78, 5) is 4.35. The molecule has 0 aliphatic heterocycles. The summed E-state index contributed by atoms with van der Waals surface area (Å²) in [5, 5.41) is 3.43. The molecule has 0 aromatic carbocycles. The number of halogens is 2. The number of anilines is 1. The van der Waals surface area contributed by atoms with Gasteiger partial charge in [0.25, 0.3) is 0 Å². The first-order valence-corrected chi connectivity index (χ1v) is 6.89. The first-order valence-electron chi connectivity index (χ1n) is 5.31. The van der Waals surface area contributed by atoms with E-state index < -0.39 is 0 Å². The Kier molecular flexibility index (Phi) is 4.21. The van der Waals surface area contributed by atoms with Gasteiger partial charge in [0, 0.05) is 17.8 Å². The number of hydrogen-bond acceptors (Lipinski definition) is 3. The lowest BCUT2D eigenvalue weighted by Gasteiger charge is -2.20. The molecule has 1 aromatic heterocycles. The summed E-state index contributed by atoms with van der Waals surface area (Å²) in [7, 11) is 1.77. The third kappa shape index (κ3) is 2.76. The average molecular weight is 350 g/mol. The maximum absolute atomic E-state index is 5.44. The first kappa shape index (κ1) is 12.3. The van der Waals surface area contributed by atoms with Crippen molar-refractivity contribution in [3.63, 3.8) is 0 Å². The van der Waals surface area contributed by atoms with Crippen LogP contribution in [-0.2, 0) is 4.74 Å². The van der Waals surface area contributed by atoms with Crippen molar-refractivity contribution in [3.8, 4) is 0 Å². The van der Waals surface area contributed by atoms with Gasteiger partial charge in [-0.05, 0) is 57.2 Å². The van der Waals surface area contributed by atoms with Crippen molar-refractivity contribution < 1.29 is 4.74 Å². The summed E-state index contributed by atoms with van der Waals surface area (Å²) < 4.78 is 7.39. The van der Waals surface area contributed by atoms with E-state index in [2.05, 4.69) is 42.2 Å². The van der Waals surface area contributed by atoms with Crippen LogP contribution in [0.2, 0.25) is 0 Å². The van der Waals surface area contributed by atoms with E-state index in [1.54, 1.807) is 13.3 Å². The minimum atomic E-state index is 0.303. The molecular weight excluding hydrogens is 336 g/mol. The molecule has 2 atom stereocenters. The number of nitrogens with zero attached hydrogens (tertiary/aromatic N) is 1. The monoisotopic (exact) mass is 348 g/mol. The molecule has 1 saturated carbocycles. The summed E-state index contributed by atoms with van der Waals surface area (Å²) in [5.74, 6) is 0.886. The number of methoxy groups -OCH3 is 1. The Balaban J connectivity index is 2.08. The molecule has 0 amide bonds. The average Bonchev–Trinajstić information content (AvgIpc) is 2.69. The maximum Gasteiger partial charge on any atom is 0.140 e. The molecule has 0 spiro atoms. The van der Waals surface area contributed by atoms with Crippen molar-refractivity contribution in [2.45, 2.75) is 31.4 Å². The fourth-order valence-electron chi connectivity index (χ4n) is 2.07. The van der Waals surface area contributed by atoms with Crippen molar-refractivity contribution in [1.29, 1.82) is 0 Å². The number of rotatable bonds is 3. The van der Waals surface area contributed by atoms with Crippen LogP contribution in [-0.4, -0.2) is 24.2 Å². The van der Waals surface area contributed by atoms with Gasteiger partial charge in [-0.3, -0.25) is 0 Å². The zero-order valence-corrected chi connectivity index (χ0v) is 12.2. The van der Waals surface area contributed by atoms with Gasteiger partial charge >= 0.3 is 0 Å². The van der Waals surface area contributed by atoms with Gasteiger partial charge in [-0.2, -0.15) is 0 Å². The molecule has 0 bridgehead atoms. The lowest BCUT2D eigenvalue weighted by molar-refractivity contribution is 0.101. The van der Waals surface area contributed by atoms with Crippen LogP contribution in [0.3, 0.4) is 0 Å². The Morgan fingerprint density at radius 2 is 2.25 bits per heavy atom. The molecule has 16 heavy (non-hydrogen) atoms. The van der Waals surface area contributed by atoms with Crippen molar-refractivity contribution in [2.24, 2.45) is 0 Å². The molecule has 3 nitrogen and oxygen atoms in total. The van der Waals surface area contributed by atoms with E-state index in [4.69, 9.17) is 4.74 Å². The standard InChI is InChI=1S/C11H14Br2N2O/c1-16-10-4-2-3-9(10)15-11-8(13)5-7(12)6-14-11/h5-6,9-10H,2-4H2,1H3,(H,14,15). The Bertz CT molecular complexity index is 373. The molecule has 1 N–H and O–H groups in total. The highest BCUT2D eigenvalue weighted by Crippen LogP contribution is 2.28. The SMILES string of the molecule is COC1CCCC1Nc1ncc(Br)cc1Br. The van der Waals surface area contributed by atoms with E-state index in [0.29, 0.717) is 12.1 Å². The van der Waals surface area contributed by atoms with Gasteiger partial charge in [0.05, 0.1) is 16.6 Å². The van der Waals surface area contributed by atoms with Crippen LogP contribution in [0.15, 0.2) is 21.2 Å². The van der Waals surface area contributed by atoms with Crippen molar-refractivity contribution in [1.82, 2.24) is 4.98 Å². The first-order chi connectivity index (χ1) is 7.70. The molecule has 1 aromatic rings. The predicted molar refractivity (Wildman–Crippen MR) is 71.7 cm³/mol. The number of aromatic nitrogens is 1. The Labute approximate surface area is 112 Å². The number of hydrogen-bond donors (Lipinski definition) is 1. The summed E-state index contributed by atoms with van der Waals surface area (Å²) in [6.07, 6.45) is 5.58. The molecule has 1 heterocycles. The highest BCUT2D eigenvalue weighted by Gasteiger charge is 2.27. The normalized spacial score (nSPS) is 24.7. The van der Waals surface area contributed by atoms with Crippen LogP contribution in [0, 0.1) is 0 Å². The fourth-order valence-corrected chi connectivity index (χ4v) is 3.17. The zero-order valence-electron chi connectivity index (χ0n) is 9.04. The fraction of sp³-hybridized carbons (Fsp3) is 0.545. The van der Waals surface area contributed by atoms with Gasteiger partial charge in [-0.1, -0.05) is 0 Å². The minimum Gasteiger partial charge on any atom is -0.379 e. The molecule has 2 unspecified atom stereocenters. The van der Waals surface area contributed by atoms with Gasteiger partial charge in [0.1, 0.15) is 5.82 Å². The van der Waals surface area contributed by atoms with E-state index in [9.17, 15) is 0 Å². The zero-order chi connectivity index (χ0) is 11.5. The van der Waals surface area contributed by atoms with Gasteiger partial charge in [0.2, 0.25) is 0 Å². The molecule has 1 aliphatic carbocycles. The third-order valence-corrected chi connectivity index (χ3v) is 3.92. The Morgan fingerprint density at radius 3 is 2.94 bits per heavy atom. The number of nitrogens with one attached hydrogen (secondary N) is 1. The van der Waals surface area contributed by atoms with Crippen molar-refractivity contribution >= 4 is 37.7 Å². The maximum atomic E-state index is 5.44. The molecule has 0 radical (unpaired) electrons. The molecule has 88 valence electrons. The summed E-state index contributed by atoms with van der Waals surface area (Å²) in [6, 6.07) is 2.36. The summed E-state index contributed by atoms with van der Waals surface area (Å²) >= 11 is 6.89. The largest absolute Gasteiger partial charge is 0.379 e. The van der Waals surface area contributed by atoms with Crippen LogP contribution in [0.25, 0.3) is 0 Å². The van der Waals surface area contributed by atoms with E-state index in [1.165, 1.54) is 6.42 Å². The molecule has 1 aliphatic rings. The topological polar surface area (TPSA) is 34.1 Å². The van der Waals surface area contributed by atoms with Crippen molar-refractivity contribution in [2.75, 3.05) is 12.4 Å². The van der Waals surface area contributed by atoms with Crippen LogP contribution in [0.5, 0.6) is 0 Å². The van der Waals surface area contributed by atoms with E-state index >= 15 is 0 Å². The number of pyridine rings is 1.